The van der Waals surface area contributed by atoms with Gasteiger partial charge in [0.2, 0.25) is 0 Å². The Kier molecular flexibility index (Phi) is 4.66. The average Bonchev–Trinajstić information content (AvgIpc) is 1.61. The van der Waals surface area contributed by atoms with Gasteiger partial charge in [-0.05, 0) is 0 Å². The molecule has 0 saturated carbocycles. The Morgan fingerprint density at radius 1 is 1.50 bits per heavy atom. The molecule has 38 valence electrons. The molecule has 0 rings (SSSR count). The minimum absolute atomic E-state index is 0.260. The van der Waals surface area contributed by atoms with Crippen molar-refractivity contribution in [1.29, 1.82) is 0 Å². The number of halogens is 1. The first-order valence-corrected chi connectivity index (χ1v) is 1.68. The summed E-state index contributed by atoms with van der Waals surface area (Å²) in [6.07, 6.45) is 0. The van der Waals surface area contributed by atoms with Gasteiger partial charge in [0, 0.05) is 13.1 Å². The Labute approximate surface area is 35.6 Å². The van der Waals surface area contributed by atoms with Crippen molar-refractivity contribution in [1.82, 2.24) is 11.0 Å². The van der Waals surface area contributed by atoms with Gasteiger partial charge >= 0.3 is 0 Å². The van der Waals surface area contributed by atoms with E-state index in [9.17, 15) is 4.48 Å². The zero-order chi connectivity index (χ0) is 4.83. The van der Waals surface area contributed by atoms with Gasteiger partial charge in [0.25, 0.3) is 0 Å². The molecule has 0 amide bonds. The van der Waals surface area contributed by atoms with E-state index in [-0.39, 0.29) is 6.54 Å². The summed E-state index contributed by atoms with van der Waals surface area (Å²) in [6, 6.07) is 0. The van der Waals surface area contributed by atoms with Crippen LogP contribution in [-0.4, -0.2) is 13.1 Å². The molecule has 0 aromatic rings. The summed E-state index contributed by atoms with van der Waals surface area (Å²) in [7, 11) is 0. The molecule has 0 aromatic heterocycles. The lowest BCUT2D eigenvalue weighted by atomic mass is 10.7. The minimum Gasteiger partial charge on any atom is -0.271 e. The summed E-state index contributed by atoms with van der Waals surface area (Å²) < 4.78 is 10.8. The van der Waals surface area contributed by atoms with Gasteiger partial charge in [-0.2, -0.15) is 5.54 Å². The van der Waals surface area contributed by atoms with E-state index < -0.39 is 0 Å². The smallest absolute Gasteiger partial charge is 0.0398 e. The van der Waals surface area contributed by atoms with Gasteiger partial charge in [0.05, 0.1) is 0 Å². The van der Waals surface area contributed by atoms with Crippen molar-refractivity contribution < 1.29 is 4.48 Å². The van der Waals surface area contributed by atoms with E-state index in [1.165, 1.54) is 5.54 Å². The summed E-state index contributed by atoms with van der Waals surface area (Å²) in [5.74, 6) is 4.76. The van der Waals surface area contributed by atoms with Gasteiger partial charge < -0.3 is 0 Å². The van der Waals surface area contributed by atoms with Crippen molar-refractivity contribution in [2.45, 2.75) is 0 Å². The fourth-order valence-corrected chi connectivity index (χ4v) is 0.119. The number of hydrogen-bond donors (Lipinski definition) is 3. The normalized spacial score (nSPS) is 9.00. The number of hydrazine groups is 1. The highest BCUT2D eigenvalue weighted by Crippen LogP contribution is 1.48. The van der Waals surface area contributed by atoms with Crippen LogP contribution < -0.4 is 16.8 Å². The molecule has 0 radical (unpaired) electrons. The molecule has 4 N–H and O–H groups in total. The van der Waals surface area contributed by atoms with E-state index in [0.29, 0.717) is 6.54 Å². The maximum atomic E-state index is 10.8. The molecule has 0 atom stereocenters. The van der Waals surface area contributed by atoms with E-state index in [1.54, 1.807) is 0 Å². The average molecular weight is 93.1 g/mol. The maximum Gasteiger partial charge on any atom is 0.0398 e. The summed E-state index contributed by atoms with van der Waals surface area (Å²) in [4.78, 5) is 0. The summed E-state index contributed by atoms with van der Waals surface area (Å²) in [5.41, 5.74) is 3.69. The number of rotatable bonds is 3. The standard InChI is InChI=1S/C2H8FN3/c3-5-1-2-6-4/h5-6H,1-2,4H2. The highest BCUT2D eigenvalue weighted by Gasteiger charge is 1.74. The molecule has 0 spiro atoms. The van der Waals surface area contributed by atoms with Gasteiger partial charge in [-0.3, -0.25) is 11.3 Å². The Bertz CT molecular complexity index is 20.8. The molecule has 3 nitrogen and oxygen atoms in total. The SMILES string of the molecule is NNCCNF. The zero-order valence-electron chi connectivity index (χ0n) is 3.37. The second kappa shape index (κ2) is 4.81. The third-order valence-corrected chi connectivity index (χ3v) is 0.364. The lowest BCUT2D eigenvalue weighted by Gasteiger charge is -1.89. The van der Waals surface area contributed by atoms with E-state index in [1.807, 2.05) is 0 Å². The van der Waals surface area contributed by atoms with Gasteiger partial charge in [-0.1, -0.05) is 0 Å². The van der Waals surface area contributed by atoms with Crippen LogP contribution in [0.1, 0.15) is 0 Å². The quantitative estimate of drug-likeness (QED) is 0.180. The van der Waals surface area contributed by atoms with Crippen molar-refractivity contribution >= 4 is 0 Å². The molecule has 0 aliphatic heterocycles. The van der Waals surface area contributed by atoms with Gasteiger partial charge in [0.1, 0.15) is 0 Å². The molecule has 0 aliphatic rings. The lowest BCUT2D eigenvalue weighted by Crippen LogP contribution is -2.28. The highest BCUT2D eigenvalue weighted by atomic mass is 19.2. The molecule has 0 fully saturated rings. The second-order valence-electron chi connectivity index (χ2n) is 0.838. The maximum absolute atomic E-state index is 10.8. The predicted octanol–water partition coefficient (Wildman–Crippen LogP) is -1.08. The third-order valence-electron chi connectivity index (χ3n) is 0.364. The monoisotopic (exact) mass is 93.1 g/mol. The van der Waals surface area contributed by atoms with Crippen molar-refractivity contribution in [3.8, 4) is 0 Å². The van der Waals surface area contributed by atoms with Crippen LogP contribution in [0.2, 0.25) is 0 Å². The van der Waals surface area contributed by atoms with Crippen molar-refractivity contribution in [2.75, 3.05) is 13.1 Å². The van der Waals surface area contributed by atoms with E-state index in [2.05, 4.69) is 5.43 Å². The fourth-order valence-electron chi connectivity index (χ4n) is 0.119. The summed E-state index contributed by atoms with van der Waals surface area (Å²) in [6.45, 7) is 0.715. The van der Waals surface area contributed by atoms with Gasteiger partial charge in [-0.15, -0.1) is 4.48 Å². The summed E-state index contributed by atoms with van der Waals surface area (Å²) in [5, 5.41) is 0. The first kappa shape index (κ1) is 5.81. The third kappa shape index (κ3) is 3.81. The minimum atomic E-state index is 0.260. The molecule has 0 bridgehead atoms. The molecular weight excluding hydrogens is 85.0 g/mol. The number of hydrogen-bond acceptors (Lipinski definition) is 3. The molecule has 4 heteroatoms. The van der Waals surface area contributed by atoms with Crippen LogP contribution >= 0.6 is 0 Å². The van der Waals surface area contributed by atoms with Crippen LogP contribution in [0, 0.1) is 0 Å². The molecule has 0 saturated heterocycles. The molecule has 0 aliphatic carbocycles. The van der Waals surface area contributed by atoms with Crippen molar-refractivity contribution in [3.05, 3.63) is 0 Å². The second-order valence-corrected chi connectivity index (χ2v) is 0.838. The van der Waals surface area contributed by atoms with E-state index in [0.717, 1.165) is 0 Å². The van der Waals surface area contributed by atoms with E-state index >= 15 is 0 Å². The Balaban J connectivity index is 2.34. The van der Waals surface area contributed by atoms with Crippen LogP contribution in [0.4, 0.5) is 4.48 Å². The summed E-state index contributed by atoms with van der Waals surface area (Å²) >= 11 is 0. The van der Waals surface area contributed by atoms with Crippen molar-refractivity contribution in [3.63, 3.8) is 0 Å². The Morgan fingerprint density at radius 2 is 2.17 bits per heavy atom. The lowest BCUT2D eigenvalue weighted by molar-refractivity contribution is 0.333. The van der Waals surface area contributed by atoms with Crippen LogP contribution in [0.3, 0.4) is 0 Å². The predicted molar refractivity (Wildman–Crippen MR) is 21.3 cm³/mol. The zero-order valence-corrected chi connectivity index (χ0v) is 3.37. The largest absolute Gasteiger partial charge is 0.271 e. The molecule has 0 aromatic carbocycles. The van der Waals surface area contributed by atoms with Crippen LogP contribution in [0.15, 0.2) is 0 Å². The van der Waals surface area contributed by atoms with Crippen LogP contribution in [0.25, 0.3) is 0 Å². The van der Waals surface area contributed by atoms with Crippen LogP contribution in [0.5, 0.6) is 0 Å². The number of nitrogens with one attached hydrogen (secondary N) is 2. The number of nitrogens with two attached hydrogens (primary N) is 1. The molecular formula is C2H8FN3. The molecule has 0 unspecified atom stereocenters. The highest BCUT2D eigenvalue weighted by molar-refractivity contribution is 4.33. The molecule has 6 heavy (non-hydrogen) atoms. The fraction of sp³-hybridized carbons (Fsp3) is 1.00. The topological polar surface area (TPSA) is 50.1 Å². The van der Waals surface area contributed by atoms with E-state index in [4.69, 9.17) is 5.84 Å². The van der Waals surface area contributed by atoms with Crippen LogP contribution in [-0.2, 0) is 0 Å². The van der Waals surface area contributed by atoms with Crippen molar-refractivity contribution in [2.24, 2.45) is 5.84 Å². The first-order chi connectivity index (χ1) is 2.91. The molecule has 0 heterocycles. The van der Waals surface area contributed by atoms with Gasteiger partial charge in [0.15, 0.2) is 0 Å². The Hall–Kier alpha value is -0.190. The first-order valence-electron chi connectivity index (χ1n) is 1.68. The Morgan fingerprint density at radius 3 is 2.33 bits per heavy atom. The van der Waals surface area contributed by atoms with Gasteiger partial charge in [-0.25, -0.2) is 0 Å².